The van der Waals surface area contributed by atoms with Crippen molar-refractivity contribution in [2.24, 2.45) is 0 Å². The van der Waals surface area contributed by atoms with Gasteiger partial charge in [-0.1, -0.05) is 0 Å². The van der Waals surface area contributed by atoms with Gasteiger partial charge < -0.3 is 20.4 Å². The third kappa shape index (κ3) is 11.2. The molecule has 0 aliphatic rings. The van der Waals surface area contributed by atoms with Crippen molar-refractivity contribution in [2.75, 3.05) is 24.6 Å². The van der Waals surface area contributed by atoms with Crippen LogP contribution in [0.4, 0.5) is 0 Å². The van der Waals surface area contributed by atoms with Crippen LogP contribution >= 0.6 is 7.26 Å². The van der Waals surface area contributed by atoms with Gasteiger partial charge in [-0.25, -0.2) is 19.2 Å². The van der Waals surface area contributed by atoms with Crippen molar-refractivity contribution in [3.63, 3.8) is 0 Å². The van der Waals surface area contributed by atoms with Crippen LogP contribution in [0, 0.1) is 0 Å². The van der Waals surface area contributed by atoms with Crippen molar-refractivity contribution in [1.82, 2.24) is 0 Å². The summed E-state index contributed by atoms with van der Waals surface area (Å²) in [5.74, 6) is -6.64. The third-order valence-electron chi connectivity index (χ3n) is 6.32. The van der Waals surface area contributed by atoms with E-state index in [4.69, 9.17) is 20.4 Å². The fourth-order valence-electron chi connectivity index (χ4n) is 4.26. The maximum atomic E-state index is 10.8. The summed E-state index contributed by atoms with van der Waals surface area (Å²) in [5.41, 5.74) is -3.15. The second kappa shape index (κ2) is 17.0. The minimum atomic E-state index is -1.66. The molecule has 0 atom stereocenters. The molecule has 0 spiro atoms. The van der Waals surface area contributed by atoms with Crippen molar-refractivity contribution in [3.05, 3.63) is 34.4 Å². The molecule has 1 aromatic rings. The van der Waals surface area contributed by atoms with Crippen LogP contribution in [0.25, 0.3) is 0 Å². The summed E-state index contributed by atoms with van der Waals surface area (Å²) in [4.78, 5) is 43.1. The number of carbonyl (C=O) groups is 4. The van der Waals surface area contributed by atoms with Gasteiger partial charge in [0, 0.05) is 0 Å². The quantitative estimate of drug-likeness (QED) is 0.185. The Bertz CT molecular complexity index is 714. The smallest absolute Gasteiger partial charge is 0.336 e. The molecule has 0 radical (unpaired) electrons. The molecule has 0 aromatic heterocycles. The van der Waals surface area contributed by atoms with Gasteiger partial charge in [0.1, 0.15) is 0 Å². The predicted molar refractivity (Wildman–Crippen MR) is 142 cm³/mol. The second-order valence-electron chi connectivity index (χ2n) is 9.08. The molecule has 200 valence electrons. The molecule has 35 heavy (non-hydrogen) atoms. The van der Waals surface area contributed by atoms with Crippen molar-refractivity contribution in [1.29, 1.82) is 0 Å². The molecule has 9 heteroatoms. The Morgan fingerprint density at radius 2 is 0.714 bits per heavy atom. The Kier molecular flexibility index (Phi) is 15.8. The summed E-state index contributed by atoms with van der Waals surface area (Å²) >= 11 is 0. The molecule has 0 aliphatic heterocycles. The van der Waals surface area contributed by atoms with E-state index in [2.05, 4.69) is 27.7 Å². The van der Waals surface area contributed by atoms with Gasteiger partial charge >= 0.3 is 135 Å². The Hall–Kier alpha value is -2.47. The molecule has 1 rings (SSSR count). The Balaban J connectivity index is 0.000000662. The normalized spacial score (nSPS) is 11.3. The van der Waals surface area contributed by atoms with E-state index in [0.29, 0.717) is 12.1 Å². The monoisotopic (exact) mass is 514 g/mol. The minimum absolute atomic E-state index is 0.511. The topological polar surface area (TPSA) is 149 Å². The number of hydrogen-bond donors (Lipinski definition) is 4. The number of hydrogen-bond acceptors (Lipinski definition) is 4. The van der Waals surface area contributed by atoms with Gasteiger partial charge in [0.25, 0.3) is 0 Å². The van der Waals surface area contributed by atoms with Crippen molar-refractivity contribution in [2.45, 2.75) is 79.1 Å². The zero-order valence-electron chi connectivity index (χ0n) is 21.6. The zero-order valence-corrected chi connectivity index (χ0v) is 22.6. The summed E-state index contributed by atoms with van der Waals surface area (Å²) in [7, 11) is -0.879. The maximum Gasteiger partial charge on any atom is 0.336 e. The molecule has 0 bridgehead atoms. The summed E-state index contributed by atoms with van der Waals surface area (Å²) in [6, 6.07) is 1.02. The van der Waals surface area contributed by atoms with Crippen molar-refractivity contribution < 1.29 is 39.6 Å². The number of unbranched alkanes of at least 4 members (excludes halogenated alkanes) is 4. The molecule has 1 aromatic carbocycles. The van der Waals surface area contributed by atoms with E-state index >= 15 is 0 Å². The SMILES string of the molecule is CCCC[PH](CCCC)(CCCC)CCCC.O=C(O)c1cc(C(=O)O)c(C(=O)O)cc1C(=O)O. The van der Waals surface area contributed by atoms with Gasteiger partial charge in [0.2, 0.25) is 0 Å². The first kappa shape index (κ1) is 32.5. The summed E-state index contributed by atoms with van der Waals surface area (Å²) in [5, 5.41) is 35.0. The van der Waals surface area contributed by atoms with Crippen LogP contribution in [-0.4, -0.2) is 69.0 Å². The van der Waals surface area contributed by atoms with Gasteiger partial charge in [-0.15, -0.1) is 0 Å². The van der Waals surface area contributed by atoms with E-state index in [1.807, 2.05) is 0 Å². The van der Waals surface area contributed by atoms with Crippen LogP contribution in [0.1, 0.15) is 120 Å². The molecule has 0 unspecified atom stereocenters. The number of carboxylic acid groups (broad SMARTS) is 4. The van der Waals surface area contributed by atoms with Crippen LogP contribution in [0.15, 0.2) is 12.1 Å². The first-order valence-corrected chi connectivity index (χ1v) is 15.4. The number of aromatic carboxylic acids is 4. The summed E-state index contributed by atoms with van der Waals surface area (Å²) in [6.45, 7) is 9.44. The van der Waals surface area contributed by atoms with Gasteiger partial charge in [-0.05, 0) is 12.1 Å². The first-order chi connectivity index (χ1) is 16.5. The standard InChI is InChI=1S/C16H37P.C10H6O8/c1-5-9-13-17(14-10-6-2,15-11-7-3)16-12-8-4;11-7(12)3-1-4(8(13)14)6(10(17)18)2-5(3)9(15)16/h17H,5-16H2,1-4H3;1-2H,(H,11,12)(H,13,14)(H,15,16)(H,17,18). The second-order valence-corrected chi connectivity index (χ2v) is 14.1. The van der Waals surface area contributed by atoms with Crippen molar-refractivity contribution in [3.8, 4) is 0 Å². The summed E-state index contributed by atoms with van der Waals surface area (Å²) in [6.07, 6.45) is 18.1. The molecule has 0 saturated heterocycles. The van der Waals surface area contributed by atoms with Crippen LogP contribution in [-0.2, 0) is 0 Å². The Morgan fingerprint density at radius 1 is 0.514 bits per heavy atom. The zero-order chi connectivity index (χ0) is 27.0. The number of rotatable bonds is 16. The van der Waals surface area contributed by atoms with E-state index in [0.717, 1.165) is 0 Å². The van der Waals surface area contributed by atoms with Crippen LogP contribution < -0.4 is 0 Å². The minimum Gasteiger partial charge on any atom is -0.478 e. The Morgan fingerprint density at radius 3 is 0.857 bits per heavy atom. The average molecular weight is 515 g/mol. The van der Waals surface area contributed by atoms with Crippen LogP contribution in [0.3, 0.4) is 0 Å². The van der Waals surface area contributed by atoms with Gasteiger partial charge in [0.05, 0.1) is 22.3 Å². The van der Waals surface area contributed by atoms with E-state index in [1.54, 1.807) is 24.6 Å². The van der Waals surface area contributed by atoms with Gasteiger partial charge in [0.15, 0.2) is 0 Å². The number of carboxylic acids is 4. The van der Waals surface area contributed by atoms with E-state index in [-0.39, 0.29) is 0 Å². The van der Waals surface area contributed by atoms with Crippen LogP contribution in [0.2, 0.25) is 0 Å². The van der Waals surface area contributed by atoms with Gasteiger partial charge in [-0.3, -0.25) is 0 Å². The Labute approximate surface area is 209 Å². The first-order valence-electron chi connectivity index (χ1n) is 12.6. The molecule has 0 heterocycles. The molecule has 4 N–H and O–H groups in total. The molecule has 0 fully saturated rings. The van der Waals surface area contributed by atoms with Crippen molar-refractivity contribution >= 4 is 31.1 Å². The molecule has 0 saturated carbocycles. The molecule has 8 nitrogen and oxygen atoms in total. The fraction of sp³-hybridized carbons (Fsp3) is 0.615. The molecule has 0 amide bonds. The average Bonchev–Trinajstić information content (AvgIpc) is 2.82. The largest absolute Gasteiger partial charge is 0.478 e. The van der Waals surface area contributed by atoms with Crippen LogP contribution in [0.5, 0.6) is 0 Å². The molecular formula is C26H43O8P. The van der Waals surface area contributed by atoms with E-state index in [9.17, 15) is 19.2 Å². The van der Waals surface area contributed by atoms with E-state index < -0.39 is 53.4 Å². The summed E-state index contributed by atoms with van der Waals surface area (Å²) < 4.78 is 0. The molecule has 0 aliphatic carbocycles. The number of benzene rings is 1. The third-order valence-corrected chi connectivity index (χ3v) is 12.0. The maximum absolute atomic E-state index is 10.8. The fourth-order valence-corrected chi connectivity index (χ4v) is 10.2. The molecular weight excluding hydrogens is 471 g/mol. The van der Waals surface area contributed by atoms with Gasteiger partial charge in [-0.2, -0.15) is 0 Å². The predicted octanol–water partition coefficient (Wildman–Crippen LogP) is 6.42. The van der Waals surface area contributed by atoms with E-state index in [1.165, 1.54) is 51.4 Å².